The van der Waals surface area contributed by atoms with E-state index < -0.39 is 6.10 Å². The maximum absolute atomic E-state index is 10.1. The van der Waals surface area contributed by atoms with Gasteiger partial charge in [0.1, 0.15) is 11.9 Å². The molecule has 0 aliphatic rings. The molecule has 0 aliphatic heterocycles. The van der Waals surface area contributed by atoms with Crippen molar-refractivity contribution in [2.45, 2.75) is 13.0 Å². The summed E-state index contributed by atoms with van der Waals surface area (Å²) in [5.41, 5.74) is 7.66. The van der Waals surface area contributed by atoms with Gasteiger partial charge in [-0.15, -0.1) is 0 Å². The SMILES string of the molecule is Cc1cnc(N)c(C(O)c2cnccn2)c1. The lowest BCUT2D eigenvalue weighted by molar-refractivity contribution is 0.215. The summed E-state index contributed by atoms with van der Waals surface area (Å²) < 4.78 is 0. The van der Waals surface area contributed by atoms with Crippen LogP contribution in [0.3, 0.4) is 0 Å². The lowest BCUT2D eigenvalue weighted by Gasteiger charge is -2.12. The Morgan fingerprint density at radius 3 is 2.75 bits per heavy atom. The van der Waals surface area contributed by atoms with E-state index in [-0.39, 0.29) is 0 Å². The highest BCUT2D eigenvalue weighted by molar-refractivity contribution is 5.44. The average Bonchev–Trinajstić information content (AvgIpc) is 2.32. The Balaban J connectivity index is 2.41. The predicted octanol–water partition coefficient (Wildman–Crippen LogP) is 0.844. The van der Waals surface area contributed by atoms with Gasteiger partial charge in [0.05, 0.1) is 11.9 Å². The van der Waals surface area contributed by atoms with Gasteiger partial charge in [-0.2, -0.15) is 0 Å². The zero-order chi connectivity index (χ0) is 11.5. The van der Waals surface area contributed by atoms with Gasteiger partial charge in [0.25, 0.3) is 0 Å². The number of aryl methyl sites for hydroxylation is 1. The van der Waals surface area contributed by atoms with Crippen LogP contribution in [-0.4, -0.2) is 20.1 Å². The quantitative estimate of drug-likeness (QED) is 0.777. The number of aliphatic hydroxyl groups is 1. The Morgan fingerprint density at radius 1 is 1.25 bits per heavy atom. The maximum atomic E-state index is 10.1. The van der Waals surface area contributed by atoms with Gasteiger partial charge >= 0.3 is 0 Å². The Labute approximate surface area is 93.0 Å². The molecule has 0 amide bonds. The van der Waals surface area contributed by atoms with Gasteiger partial charge < -0.3 is 10.8 Å². The minimum absolute atomic E-state index is 0.309. The number of nitrogen functional groups attached to an aromatic ring is 1. The molecule has 2 heterocycles. The molecule has 0 saturated heterocycles. The van der Waals surface area contributed by atoms with Crippen molar-refractivity contribution in [3.8, 4) is 0 Å². The van der Waals surface area contributed by atoms with Gasteiger partial charge in [-0.1, -0.05) is 0 Å². The molecule has 3 N–H and O–H groups in total. The first-order valence-electron chi connectivity index (χ1n) is 4.84. The van der Waals surface area contributed by atoms with Crippen molar-refractivity contribution in [2.75, 3.05) is 5.73 Å². The summed E-state index contributed by atoms with van der Waals surface area (Å²) in [6, 6.07) is 1.79. The minimum atomic E-state index is -0.888. The molecule has 0 aliphatic carbocycles. The maximum Gasteiger partial charge on any atom is 0.129 e. The fraction of sp³-hybridized carbons (Fsp3) is 0.182. The third kappa shape index (κ3) is 1.99. The molecule has 0 fully saturated rings. The molecule has 2 rings (SSSR count). The molecule has 2 aromatic heterocycles. The average molecular weight is 216 g/mol. The number of nitrogens with two attached hydrogens (primary N) is 1. The number of pyridine rings is 1. The van der Waals surface area contributed by atoms with Crippen LogP contribution in [0.15, 0.2) is 30.9 Å². The number of hydrogen-bond donors (Lipinski definition) is 2. The summed E-state index contributed by atoms with van der Waals surface area (Å²) in [5, 5.41) is 10.1. The first-order valence-corrected chi connectivity index (χ1v) is 4.84. The van der Waals surface area contributed by atoms with E-state index in [1.165, 1.54) is 12.4 Å². The van der Waals surface area contributed by atoms with Crippen LogP contribution < -0.4 is 5.73 Å². The number of aromatic nitrogens is 3. The van der Waals surface area contributed by atoms with Gasteiger partial charge in [-0.05, 0) is 18.6 Å². The molecule has 0 bridgehead atoms. The van der Waals surface area contributed by atoms with Crippen molar-refractivity contribution in [2.24, 2.45) is 0 Å². The number of rotatable bonds is 2. The molecule has 16 heavy (non-hydrogen) atoms. The molecule has 82 valence electrons. The molecule has 0 saturated carbocycles. The van der Waals surface area contributed by atoms with Gasteiger partial charge in [0, 0.05) is 24.2 Å². The Morgan fingerprint density at radius 2 is 2.06 bits per heavy atom. The molecule has 0 spiro atoms. The number of nitrogens with zero attached hydrogens (tertiary/aromatic N) is 3. The smallest absolute Gasteiger partial charge is 0.129 e. The highest BCUT2D eigenvalue weighted by atomic mass is 16.3. The van der Waals surface area contributed by atoms with Crippen molar-refractivity contribution >= 4 is 5.82 Å². The summed E-state index contributed by atoms with van der Waals surface area (Å²) in [5.74, 6) is 0.309. The number of hydrogen-bond acceptors (Lipinski definition) is 5. The largest absolute Gasteiger partial charge is 0.383 e. The van der Waals surface area contributed by atoms with Gasteiger partial charge in [-0.3, -0.25) is 9.97 Å². The Kier molecular flexibility index (Phi) is 2.78. The van der Waals surface area contributed by atoms with E-state index in [1.54, 1.807) is 18.5 Å². The van der Waals surface area contributed by atoms with E-state index in [4.69, 9.17) is 5.73 Å². The van der Waals surface area contributed by atoms with Crippen LogP contribution in [0.1, 0.15) is 22.9 Å². The van der Waals surface area contributed by atoms with E-state index >= 15 is 0 Å². The second-order valence-electron chi connectivity index (χ2n) is 3.52. The van der Waals surface area contributed by atoms with Crippen molar-refractivity contribution in [1.29, 1.82) is 0 Å². The first kappa shape index (κ1) is 10.5. The van der Waals surface area contributed by atoms with Gasteiger partial charge in [0.15, 0.2) is 0 Å². The normalized spacial score (nSPS) is 12.4. The molecular formula is C11H12N4O. The molecule has 0 radical (unpaired) electrons. The molecule has 5 heteroatoms. The van der Waals surface area contributed by atoms with Crippen LogP contribution in [0, 0.1) is 6.92 Å². The molecule has 2 aromatic rings. The van der Waals surface area contributed by atoms with E-state index in [9.17, 15) is 5.11 Å². The van der Waals surface area contributed by atoms with E-state index in [1.807, 2.05) is 6.92 Å². The summed E-state index contributed by atoms with van der Waals surface area (Å²) >= 11 is 0. The third-order valence-corrected chi connectivity index (χ3v) is 2.24. The van der Waals surface area contributed by atoms with Crippen LogP contribution in [-0.2, 0) is 0 Å². The summed E-state index contributed by atoms with van der Waals surface area (Å²) in [6.07, 6.45) is 5.35. The van der Waals surface area contributed by atoms with Crippen molar-refractivity contribution in [3.63, 3.8) is 0 Å². The highest BCUT2D eigenvalue weighted by Crippen LogP contribution is 2.23. The van der Waals surface area contributed by atoms with Crippen LogP contribution >= 0.6 is 0 Å². The molecule has 0 aromatic carbocycles. The molecule has 1 atom stereocenters. The predicted molar refractivity (Wildman–Crippen MR) is 59.5 cm³/mol. The van der Waals surface area contributed by atoms with Crippen molar-refractivity contribution in [1.82, 2.24) is 15.0 Å². The monoisotopic (exact) mass is 216 g/mol. The fourth-order valence-electron chi connectivity index (χ4n) is 1.43. The van der Waals surface area contributed by atoms with Crippen molar-refractivity contribution < 1.29 is 5.11 Å². The lowest BCUT2D eigenvalue weighted by Crippen LogP contribution is -2.07. The summed E-state index contributed by atoms with van der Waals surface area (Å²) in [7, 11) is 0. The molecular weight excluding hydrogens is 204 g/mol. The molecule has 1 unspecified atom stereocenters. The van der Waals surface area contributed by atoms with Crippen LogP contribution in [0.25, 0.3) is 0 Å². The lowest BCUT2D eigenvalue weighted by atomic mass is 10.1. The molecule has 5 nitrogen and oxygen atoms in total. The summed E-state index contributed by atoms with van der Waals surface area (Å²) in [4.78, 5) is 11.9. The zero-order valence-electron chi connectivity index (χ0n) is 8.83. The first-order chi connectivity index (χ1) is 7.68. The minimum Gasteiger partial charge on any atom is -0.383 e. The third-order valence-electron chi connectivity index (χ3n) is 2.24. The van der Waals surface area contributed by atoms with E-state index in [2.05, 4.69) is 15.0 Å². The standard InChI is InChI=1S/C11H12N4O/c1-7-4-8(11(12)15-5-7)10(16)9-6-13-2-3-14-9/h2-6,10,16H,1H3,(H2,12,15). The number of aliphatic hydroxyl groups excluding tert-OH is 1. The van der Waals surface area contributed by atoms with Gasteiger partial charge in [0.2, 0.25) is 0 Å². The van der Waals surface area contributed by atoms with Crippen LogP contribution in [0.5, 0.6) is 0 Å². The van der Waals surface area contributed by atoms with Gasteiger partial charge in [-0.25, -0.2) is 4.98 Å². The fourth-order valence-corrected chi connectivity index (χ4v) is 1.43. The summed E-state index contributed by atoms with van der Waals surface area (Å²) in [6.45, 7) is 1.89. The second-order valence-corrected chi connectivity index (χ2v) is 3.52. The number of anilines is 1. The van der Waals surface area contributed by atoms with Crippen LogP contribution in [0.2, 0.25) is 0 Å². The van der Waals surface area contributed by atoms with Crippen molar-refractivity contribution in [3.05, 3.63) is 47.7 Å². The topological polar surface area (TPSA) is 84.9 Å². The zero-order valence-corrected chi connectivity index (χ0v) is 8.83. The Hall–Kier alpha value is -2.01. The second kappa shape index (κ2) is 4.24. The van der Waals surface area contributed by atoms with Crippen LogP contribution in [0.4, 0.5) is 5.82 Å². The Bertz CT molecular complexity index is 487. The highest BCUT2D eigenvalue weighted by Gasteiger charge is 2.15. The van der Waals surface area contributed by atoms with E-state index in [0.717, 1.165) is 5.56 Å². The van der Waals surface area contributed by atoms with E-state index in [0.29, 0.717) is 17.1 Å².